The van der Waals surface area contributed by atoms with Crippen LogP contribution in [0.1, 0.15) is 82.7 Å². The molecule has 1 aliphatic heterocycles. The van der Waals surface area contributed by atoms with Crippen molar-refractivity contribution in [2.75, 3.05) is 7.11 Å². The fraction of sp³-hybridized carbons (Fsp3) is 0.448. The lowest BCUT2D eigenvalue weighted by Gasteiger charge is -2.42. The second-order valence-electron chi connectivity index (χ2n) is 10.4. The quantitative estimate of drug-likeness (QED) is 0.271. The minimum Gasteiger partial charge on any atom is -0.507 e. The average molecular weight is 554 g/mol. The normalized spacial score (nSPS) is 29.6. The molecule has 11 heteroatoms. The molecular formula is C29H31NO10. The van der Waals surface area contributed by atoms with Crippen molar-refractivity contribution >= 4 is 23.6 Å². The van der Waals surface area contributed by atoms with Gasteiger partial charge in [0.1, 0.15) is 29.0 Å². The highest BCUT2D eigenvalue weighted by molar-refractivity contribution is 6.31. The molecule has 1 heterocycles. The van der Waals surface area contributed by atoms with Crippen LogP contribution in [0, 0.1) is 0 Å². The highest BCUT2D eigenvalue weighted by Crippen LogP contribution is 2.52. The first-order chi connectivity index (χ1) is 18.9. The molecule has 0 aromatic heterocycles. The summed E-state index contributed by atoms with van der Waals surface area (Å²) in [7, 11) is 1.34. The molecule has 3 aliphatic rings. The van der Waals surface area contributed by atoms with Crippen LogP contribution in [0.25, 0.3) is 0 Å². The number of carbonyl (C=O) groups excluding carboxylic acids is 3. The fourth-order valence-electron chi connectivity index (χ4n) is 5.94. The number of aliphatic hydroxyl groups excluding tert-OH is 1. The summed E-state index contributed by atoms with van der Waals surface area (Å²) in [6, 6.07) is 3.90. The molecule has 0 saturated carbocycles. The van der Waals surface area contributed by atoms with Gasteiger partial charge in [0.25, 0.3) is 0 Å². The van der Waals surface area contributed by atoms with E-state index in [2.05, 4.69) is 4.99 Å². The topological polar surface area (TPSA) is 172 Å². The molecule has 0 amide bonds. The third-order valence-electron chi connectivity index (χ3n) is 8.06. The second-order valence-corrected chi connectivity index (χ2v) is 10.4. The Morgan fingerprint density at radius 1 is 1.15 bits per heavy atom. The number of rotatable bonds is 5. The van der Waals surface area contributed by atoms with Gasteiger partial charge in [-0.3, -0.25) is 19.4 Å². The molecule has 212 valence electrons. The minimum absolute atomic E-state index is 0.0115. The average Bonchev–Trinajstić information content (AvgIpc) is 2.91. The molecule has 4 unspecified atom stereocenters. The van der Waals surface area contributed by atoms with Crippen LogP contribution in [0.15, 0.2) is 23.2 Å². The fourth-order valence-corrected chi connectivity index (χ4v) is 5.94. The predicted octanol–water partition coefficient (Wildman–Crippen LogP) is 2.16. The SMILES string of the molecule is CC=NC1CC(O[C@H]2C[C@](O)(C(C)=O)Cc3c(O)c4c(c(O)c32)C(=O)c2c(OC)cccc2C4=O)OC(C)C1O. The highest BCUT2D eigenvalue weighted by Gasteiger charge is 2.49. The lowest BCUT2D eigenvalue weighted by atomic mass is 9.72. The van der Waals surface area contributed by atoms with Gasteiger partial charge in [-0.25, -0.2) is 0 Å². The molecule has 2 aliphatic carbocycles. The number of carbonyl (C=O) groups is 3. The molecule has 2 aromatic carbocycles. The van der Waals surface area contributed by atoms with Crippen LogP contribution in [0.5, 0.6) is 17.2 Å². The van der Waals surface area contributed by atoms with E-state index < -0.39 is 82.6 Å². The van der Waals surface area contributed by atoms with Gasteiger partial charge in [0.05, 0.1) is 42.0 Å². The van der Waals surface area contributed by atoms with E-state index in [-0.39, 0.29) is 40.8 Å². The summed E-state index contributed by atoms with van der Waals surface area (Å²) >= 11 is 0. The number of methoxy groups -OCH3 is 1. The molecule has 0 radical (unpaired) electrons. The van der Waals surface area contributed by atoms with E-state index in [1.54, 1.807) is 20.1 Å². The van der Waals surface area contributed by atoms with Crippen molar-refractivity contribution in [3.05, 3.63) is 51.6 Å². The Labute approximate surface area is 230 Å². The summed E-state index contributed by atoms with van der Waals surface area (Å²) in [5, 5.41) is 44.7. The number of ketones is 3. The molecular weight excluding hydrogens is 522 g/mol. The van der Waals surface area contributed by atoms with E-state index in [0.717, 1.165) is 0 Å². The van der Waals surface area contributed by atoms with E-state index in [0.29, 0.717) is 0 Å². The highest BCUT2D eigenvalue weighted by atomic mass is 16.7. The first-order valence-corrected chi connectivity index (χ1v) is 13.0. The van der Waals surface area contributed by atoms with Crippen LogP contribution < -0.4 is 4.74 Å². The molecule has 0 spiro atoms. The number of aliphatic imine (C=N–C) groups is 1. The van der Waals surface area contributed by atoms with Crippen molar-refractivity contribution in [1.82, 2.24) is 0 Å². The summed E-state index contributed by atoms with van der Waals surface area (Å²) in [5.74, 6) is -3.14. The van der Waals surface area contributed by atoms with Crippen molar-refractivity contribution in [2.24, 2.45) is 4.99 Å². The van der Waals surface area contributed by atoms with Crippen molar-refractivity contribution in [3.8, 4) is 17.2 Å². The summed E-state index contributed by atoms with van der Waals surface area (Å²) < 4.78 is 17.3. The van der Waals surface area contributed by atoms with Gasteiger partial charge in [0.2, 0.25) is 5.78 Å². The van der Waals surface area contributed by atoms with Gasteiger partial charge < -0.3 is 34.6 Å². The molecule has 5 rings (SSSR count). The summed E-state index contributed by atoms with van der Waals surface area (Å²) in [6.07, 6.45) is -2.83. The Morgan fingerprint density at radius 3 is 2.50 bits per heavy atom. The van der Waals surface area contributed by atoms with E-state index in [1.165, 1.54) is 32.2 Å². The number of hydrogen-bond acceptors (Lipinski definition) is 11. The summed E-state index contributed by atoms with van der Waals surface area (Å²) in [6.45, 7) is 4.55. The predicted molar refractivity (Wildman–Crippen MR) is 140 cm³/mol. The van der Waals surface area contributed by atoms with Crippen molar-refractivity contribution in [2.45, 2.75) is 76.3 Å². The van der Waals surface area contributed by atoms with Gasteiger partial charge in [0.15, 0.2) is 17.9 Å². The molecule has 1 saturated heterocycles. The van der Waals surface area contributed by atoms with Crippen LogP contribution in [0.3, 0.4) is 0 Å². The standard InChI is InChI=1S/C29H31NO10/c1-5-30-16-9-19(39-12(2)24(16)32)40-18-11-29(37,13(3)31)10-15-21(18)28(36)23-22(26(15)34)25(33)14-7-6-8-17(38-4)20(14)27(23)35/h5-8,12,16,18-19,24,32,34,36-37H,9-11H2,1-4H3/t12?,16?,18-,19?,24?,29-/m0/s1. The Hall–Kier alpha value is -3.64. The van der Waals surface area contributed by atoms with E-state index in [9.17, 15) is 34.8 Å². The van der Waals surface area contributed by atoms with Crippen LogP contribution in [0.4, 0.5) is 0 Å². The maximum Gasteiger partial charge on any atom is 0.202 e. The number of ether oxygens (including phenoxy) is 3. The molecule has 2 aromatic rings. The van der Waals surface area contributed by atoms with Gasteiger partial charge in [-0.2, -0.15) is 0 Å². The van der Waals surface area contributed by atoms with Crippen LogP contribution in [-0.4, -0.2) is 81.2 Å². The number of Topliss-reactive ketones (excluding diaryl/α,β-unsaturated/α-hetero) is 1. The van der Waals surface area contributed by atoms with E-state index >= 15 is 0 Å². The van der Waals surface area contributed by atoms with Gasteiger partial charge in [-0.15, -0.1) is 0 Å². The zero-order chi connectivity index (χ0) is 29.1. The largest absolute Gasteiger partial charge is 0.507 e. The lowest BCUT2D eigenvalue weighted by Crippen LogP contribution is -2.49. The Morgan fingerprint density at radius 2 is 1.85 bits per heavy atom. The van der Waals surface area contributed by atoms with Crippen molar-refractivity contribution < 1.29 is 49.0 Å². The van der Waals surface area contributed by atoms with Gasteiger partial charge in [0, 0.05) is 36.0 Å². The number of hydrogen-bond donors (Lipinski definition) is 4. The van der Waals surface area contributed by atoms with Crippen molar-refractivity contribution in [3.63, 3.8) is 0 Å². The summed E-state index contributed by atoms with van der Waals surface area (Å²) in [4.78, 5) is 44.1. The Bertz CT molecular complexity index is 1450. The zero-order valence-electron chi connectivity index (χ0n) is 22.5. The van der Waals surface area contributed by atoms with E-state index in [1.807, 2.05) is 0 Å². The first-order valence-electron chi connectivity index (χ1n) is 13.0. The molecule has 11 nitrogen and oxygen atoms in total. The number of benzene rings is 2. The number of phenols is 2. The molecule has 1 fully saturated rings. The van der Waals surface area contributed by atoms with Gasteiger partial charge >= 0.3 is 0 Å². The third-order valence-corrected chi connectivity index (χ3v) is 8.06. The van der Waals surface area contributed by atoms with Gasteiger partial charge in [-0.05, 0) is 33.1 Å². The summed E-state index contributed by atoms with van der Waals surface area (Å²) in [5.41, 5.74) is -3.01. The Kier molecular flexibility index (Phi) is 7.03. The number of fused-ring (bicyclic) bond motifs is 3. The molecule has 4 N–H and O–H groups in total. The molecule has 6 atom stereocenters. The van der Waals surface area contributed by atoms with Crippen LogP contribution >= 0.6 is 0 Å². The Balaban J connectivity index is 1.66. The molecule has 0 bridgehead atoms. The smallest absolute Gasteiger partial charge is 0.202 e. The number of nitrogens with zero attached hydrogens (tertiary/aromatic N) is 1. The number of phenolic OH excluding ortho intramolecular Hbond substituents is 2. The van der Waals surface area contributed by atoms with Gasteiger partial charge in [-0.1, -0.05) is 12.1 Å². The lowest BCUT2D eigenvalue weighted by molar-refractivity contribution is -0.246. The van der Waals surface area contributed by atoms with Crippen molar-refractivity contribution in [1.29, 1.82) is 0 Å². The number of aromatic hydroxyl groups is 2. The maximum absolute atomic E-state index is 13.7. The third kappa shape index (κ3) is 4.21. The molecule has 40 heavy (non-hydrogen) atoms. The zero-order valence-corrected chi connectivity index (χ0v) is 22.5. The number of aliphatic hydroxyl groups is 2. The maximum atomic E-state index is 13.7. The van der Waals surface area contributed by atoms with E-state index in [4.69, 9.17) is 14.2 Å². The van der Waals surface area contributed by atoms with Crippen LogP contribution in [-0.2, 0) is 20.7 Å². The van der Waals surface area contributed by atoms with Crippen LogP contribution in [0.2, 0.25) is 0 Å². The minimum atomic E-state index is -2.00. The monoisotopic (exact) mass is 553 g/mol. The second kappa shape index (κ2) is 10.1. The first kappa shape index (κ1) is 27.9.